The number of aliphatic hydroxyl groups is 3. The van der Waals surface area contributed by atoms with E-state index in [-0.39, 0.29) is 6.54 Å². The Morgan fingerprint density at radius 1 is 1.31 bits per heavy atom. The molecule has 7 N–H and O–H groups in total. The van der Waals surface area contributed by atoms with Crippen LogP contribution in [0.5, 0.6) is 0 Å². The van der Waals surface area contributed by atoms with Crippen molar-refractivity contribution in [2.75, 3.05) is 6.54 Å². The third kappa shape index (κ3) is 2.68. The minimum absolute atomic E-state index is 0.210. The van der Waals surface area contributed by atoms with Crippen LogP contribution < -0.4 is 5.73 Å². The highest BCUT2D eigenvalue weighted by Gasteiger charge is 2.57. The molecule has 0 aliphatic rings. The van der Waals surface area contributed by atoms with Crippen molar-refractivity contribution in [2.24, 2.45) is 5.73 Å². The van der Waals surface area contributed by atoms with Crippen LogP contribution in [-0.2, 0) is 4.57 Å². The first-order valence-corrected chi connectivity index (χ1v) is 5.47. The molecule has 0 heterocycles. The molecule has 0 amide bonds. The highest BCUT2D eigenvalue weighted by atomic mass is 31.2. The Morgan fingerprint density at radius 2 is 1.69 bits per heavy atom. The van der Waals surface area contributed by atoms with Crippen molar-refractivity contribution in [3.8, 4) is 0 Å². The van der Waals surface area contributed by atoms with E-state index in [1.807, 2.05) is 0 Å². The molecular formula is C4H13NO6P2. The Labute approximate surface area is 76.9 Å². The Morgan fingerprint density at radius 3 is 1.77 bits per heavy atom. The minimum Gasteiger partial charge on any atom is -0.342 e. The van der Waals surface area contributed by atoms with E-state index in [0.717, 1.165) is 0 Å². The van der Waals surface area contributed by atoms with E-state index in [1.54, 1.807) is 0 Å². The molecule has 0 saturated carbocycles. The average molecular weight is 233 g/mol. The summed E-state index contributed by atoms with van der Waals surface area (Å²) in [6, 6.07) is 0. The molecular weight excluding hydrogens is 220 g/mol. The SMILES string of the molecule is NCCC(P)(C(O)(O)O)P(=O)(O)O. The van der Waals surface area contributed by atoms with Crippen LogP contribution in [0.1, 0.15) is 6.42 Å². The van der Waals surface area contributed by atoms with E-state index in [4.69, 9.17) is 30.8 Å². The van der Waals surface area contributed by atoms with Crippen LogP contribution in [0.15, 0.2) is 0 Å². The second-order valence-corrected chi connectivity index (χ2v) is 6.00. The van der Waals surface area contributed by atoms with Gasteiger partial charge in [0.05, 0.1) is 0 Å². The van der Waals surface area contributed by atoms with Gasteiger partial charge < -0.3 is 30.8 Å². The standard InChI is InChI=1S/C4H13NO6P2/c5-2-1-3(12,4(6,7)8)13(9,10)11/h6-8H,1-2,5,12H2,(H2,9,10,11). The molecule has 0 fully saturated rings. The molecule has 80 valence electrons. The predicted molar refractivity (Wildman–Crippen MR) is 47.5 cm³/mol. The third-order valence-electron chi connectivity index (χ3n) is 1.63. The van der Waals surface area contributed by atoms with Gasteiger partial charge in [0.15, 0.2) is 4.90 Å². The van der Waals surface area contributed by atoms with Gasteiger partial charge in [-0.1, -0.05) is 0 Å². The van der Waals surface area contributed by atoms with Crippen LogP contribution in [0.2, 0.25) is 0 Å². The van der Waals surface area contributed by atoms with E-state index >= 15 is 0 Å². The fourth-order valence-corrected chi connectivity index (χ4v) is 1.71. The van der Waals surface area contributed by atoms with E-state index in [0.29, 0.717) is 0 Å². The van der Waals surface area contributed by atoms with E-state index in [2.05, 4.69) is 0 Å². The summed E-state index contributed by atoms with van der Waals surface area (Å²) in [5.41, 5.74) is 5.02. The molecule has 9 heteroatoms. The summed E-state index contributed by atoms with van der Waals surface area (Å²) >= 11 is 0. The van der Waals surface area contributed by atoms with Gasteiger partial charge in [-0.05, 0) is 13.0 Å². The van der Waals surface area contributed by atoms with E-state index in [9.17, 15) is 4.57 Å². The summed E-state index contributed by atoms with van der Waals surface area (Å²) < 4.78 is 10.8. The van der Waals surface area contributed by atoms with Gasteiger partial charge in [0, 0.05) is 0 Å². The van der Waals surface area contributed by atoms with Gasteiger partial charge in [-0.15, -0.1) is 9.24 Å². The van der Waals surface area contributed by atoms with Crippen molar-refractivity contribution in [3.05, 3.63) is 0 Å². The largest absolute Gasteiger partial charge is 0.343 e. The second kappa shape index (κ2) is 3.88. The number of rotatable bonds is 4. The zero-order valence-electron chi connectivity index (χ0n) is 6.66. The monoisotopic (exact) mass is 233 g/mol. The minimum atomic E-state index is -4.89. The lowest BCUT2D eigenvalue weighted by Gasteiger charge is -2.36. The number of hydrogen-bond donors (Lipinski definition) is 6. The summed E-state index contributed by atoms with van der Waals surface area (Å²) in [4.78, 5) is 15.1. The zero-order chi connectivity index (χ0) is 10.9. The number of nitrogens with two attached hydrogens (primary N) is 1. The van der Waals surface area contributed by atoms with Crippen molar-refractivity contribution in [3.63, 3.8) is 0 Å². The zero-order valence-corrected chi connectivity index (χ0v) is 8.71. The molecule has 0 aromatic heterocycles. The average Bonchev–Trinajstić information content (AvgIpc) is 1.82. The summed E-state index contributed by atoms with van der Waals surface area (Å²) in [6.07, 6.45) is -0.453. The van der Waals surface area contributed by atoms with Crippen LogP contribution >= 0.6 is 16.8 Å². The smallest absolute Gasteiger partial charge is 0.342 e. The highest BCUT2D eigenvalue weighted by molar-refractivity contribution is 7.62. The molecule has 0 bridgehead atoms. The first kappa shape index (κ1) is 13.4. The highest BCUT2D eigenvalue weighted by Crippen LogP contribution is 2.60. The normalized spacial score (nSPS) is 18.4. The summed E-state index contributed by atoms with van der Waals surface area (Å²) in [6.45, 7) is -0.210. The Kier molecular flexibility index (Phi) is 4.01. The van der Waals surface area contributed by atoms with Crippen LogP contribution in [0, 0.1) is 0 Å². The summed E-state index contributed by atoms with van der Waals surface area (Å²) in [5, 5.41) is 26.2. The van der Waals surface area contributed by atoms with Crippen LogP contribution in [0.25, 0.3) is 0 Å². The van der Waals surface area contributed by atoms with Gasteiger partial charge in [0.2, 0.25) is 0 Å². The fourth-order valence-electron chi connectivity index (χ4n) is 0.729. The topological polar surface area (TPSA) is 144 Å². The molecule has 0 saturated heterocycles. The first-order valence-electron chi connectivity index (χ1n) is 3.28. The number of hydrogen-bond acceptors (Lipinski definition) is 5. The Balaban J connectivity index is 5.09. The quantitative estimate of drug-likeness (QED) is 0.237. The van der Waals surface area contributed by atoms with Crippen molar-refractivity contribution < 1.29 is 29.7 Å². The van der Waals surface area contributed by atoms with Gasteiger partial charge in [-0.3, -0.25) is 4.57 Å². The van der Waals surface area contributed by atoms with E-state index in [1.165, 1.54) is 9.24 Å². The van der Waals surface area contributed by atoms with Gasteiger partial charge in [0.25, 0.3) is 5.97 Å². The molecule has 13 heavy (non-hydrogen) atoms. The maximum Gasteiger partial charge on any atom is 0.343 e. The van der Waals surface area contributed by atoms with Crippen molar-refractivity contribution in [1.29, 1.82) is 0 Å². The third-order valence-corrected chi connectivity index (χ3v) is 4.87. The van der Waals surface area contributed by atoms with Gasteiger partial charge in [0.1, 0.15) is 0 Å². The first-order chi connectivity index (χ1) is 5.56. The molecule has 0 aliphatic heterocycles. The lowest BCUT2D eigenvalue weighted by Crippen LogP contribution is -2.50. The van der Waals surface area contributed by atoms with Crippen LogP contribution in [0.4, 0.5) is 0 Å². The van der Waals surface area contributed by atoms with Crippen molar-refractivity contribution in [1.82, 2.24) is 0 Å². The Hall–Kier alpha value is 0.420. The van der Waals surface area contributed by atoms with Crippen LogP contribution in [0.3, 0.4) is 0 Å². The molecule has 7 nitrogen and oxygen atoms in total. The molecule has 2 atom stereocenters. The van der Waals surface area contributed by atoms with E-state index < -0.39 is 24.9 Å². The molecule has 0 aromatic rings. The maximum absolute atomic E-state index is 10.8. The lowest BCUT2D eigenvalue weighted by atomic mass is 10.2. The lowest BCUT2D eigenvalue weighted by molar-refractivity contribution is -0.320. The molecule has 0 radical (unpaired) electrons. The van der Waals surface area contributed by atoms with Crippen LogP contribution in [-0.4, -0.2) is 42.5 Å². The van der Waals surface area contributed by atoms with Gasteiger partial charge in [-0.25, -0.2) is 0 Å². The molecule has 2 unspecified atom stereocenters. The van der Waals surface area contributed by atoms with Crippen molar-refractivity contribution in [2.45, 2.75) is 17.3 Å². The summed E-state index contributed by atoms with van der Waals surface area (Å²) in [7, 11) is -3.36. The van der Waals surface area contributed by atoms with Gasteiger partial charge in [-0.2, -0.15) is 0 Å². The van der Waals surface area contributed by atoms with Crippen molar-refractivity contribution >= 4 is 16.8 Å². The predicted octanol–water partition coefficient (Wildman–Crippen LogP) is -2.29. The molecule has 0 spiro atoms. The summed E-state index contributed by atoms with van der Waals surface area (Å²) in [5.74, 6) is -3.49. The fraction of sp³-hybridized carbons (Fsp3) is 1.00. The second-order valence-electron chi connectivity index (χ2n) is 2.64. The molecule has 0 aromatic carbocycles. The molecule has 0 rings (SSSR count). The Bertz CT molecular complexity index is 221. The van der Waals surface area contributed by atoms with Gasteiger partial charge >= 0.3 is 7.60 Å². The molecule has 0 aliphatic carbocycles. The maximum atomic E-state index is 10.8.